The molecule has 0 fully saturated rings. The Morgan fingerprint density at radius 1 is 1.09 bits per heavy atom. The number of aromatic nitrogens is 2. The zero-order valence-electron chi connectivity index (χ0n) is 17.2. The van der Waals surface area contributed by atoms with Gasteiger partial charge in [0.05, 0.1) is 12.7 Å². The van der Waals surface area contributed by atoms with Gasteiger partial charge in [0.25, 0.3) is 0 Å². The minimum absolute atomic E-state index is 0.00585. The number of methoxy groups -OCH3 is 1. The average Bonchev–Trinajstić information content (AvgIpc) is 3.47. The summed E-state index contributed by atoms with van der Waals surface area (Å²) in [7, 11) is 1.30. The highest BCUT2D eigenvalue weighted by Gasteiger charge is 2.49. The molecule has 2 aliphatic heterocycles. The van der Waals surface area contributed by atoms with E-state index in [1.165, 1.54) is 19.2 Å². The molecule has 1 atom stereocenters. The first kappa shape index (κ1) is 21.1. The summed E-state index contributed by atoms with van der Waals surface area (Å²) in [6.45, 7) is 1.62. The average molecular weight is 475 g/mol. The molecule has 0 radical (unpaired) electrons. The first-order valence-corrected chi connectivity index (χ1v) is 10.4. The summed E-state index contributed by atoms with van der Waals surface area (Å²) in [6, 6.07) is 9.20. The number of carbonyl (C=O) groups is 2. The fraction of sp³-hybridized carbons (Fsp3) is 0.238. The standard InChI is InChI=1S/C21H15F2N3O6S/c1-20(9-30-13-8-15-14(7-12(13)20)31-21(22,23)32-15)18(28)24-19-26-25-16(33-19)10-3-5-11(6-4-10)17(27)29-2/h3-8H,9H2,1-2H3,(H,24,26,28). The third-order valence-corrected chi connectivity index (χ3v) is 6.20. The highest BCUT2D eigenvalue weighted by atomic mass is 32.1. The maximum Gasteiger partial charge on any atom is 0.586 e. The molecular formula is C21H15F2N3O6S. The van der Waals surface area contributed by atoms with Crippen molar-refractivity contribution in [1.29, 1.82) is 0 Å². The van der Waals surface area contributed by atoms with E-state index >= 15 is 0 Å². The van der Waals surface area contributed by atoms with Crippen LogP contribution in [0.25, 0.3) is 10.6 Å². The Hall–Kier alpha value is -3.80. The third kappa shape index (κ3) is 3.61. The molecule has 1 N–H and O–H groups in total. The van der Waals surface area contributed by atoms with Crippen molar-refractivity contribution in [1.82, 2.24) is 10.2 Å². The Labute approximate surface area is 189 Å². The normalized spacial score (nSPS) is 19.5. The predicted molar refractivity (Wildman–Crippen MR) is 111 cm³/mol. The van der Waals surface area contributed by atoms with Crippen molar-refractivity contribution in [3.63, 3.8) is 0 Å². The van der Waals surface area contributed by atoms with Crippen molar-refractivity contribution >= 4 is 28.3 Å². The first-order chi connectivity index (χ1) is 15.7. The number of alkyl halides is 2. The molecule has 9 nitrogen and oxygen atoms in total. The van der Waals surface area contributed by atoms with Crippen molar-refractivity contribution in [3.8, 4) is 27.8 Å². The van der Waals surface area contributed by atoms with Gasteiger partial charge in [-0.3, -0.25) is 10.1 Å². The molecule has 3 aromatic rings. The van der Waals surface area contributed by atoms with Crippen molar-refractivity contribution in [2.75, 3.05) is 19.0 Å². The molecule has 170 valence electrons. The first-order valence-electron chi connectivity index (χ1n) is 9.59. The number of rotatable bonds is 4. The maximum absolute atomic E-state index is 13.4. The molecule has 1 aromatic heterocycles. The Morgan fingerprint density at radius 2 is 1.79 bits per heavy atom. The van der Waals surface area contributed by atoms with Gasteiger partial charge in [0.2, 0.25) is 11.0 Å². The van der Waals surface area contributed by atoms with E-state index in [4.69, 9.17) is 4.74 Å². The molecule has 2 aromatic carbocycles. The molecule has 33 heavy (non-hydrogen) atoms. The van der Waals surface area contributed by atoms with E-state index in [-0.39, 0.29) is 29.0 Å². The van der Waals surface area contributed by atoms with Crippen LogP contribution in [0.1, 0.15) is 22.8 Å². The fourth-order valence-corrected chi connectivity index (χ4v) is 4.25. The number of esters is 1. The molecule has 0 bridgehead atoms. The van der Waals surface area contributed by atoms with Gasteiger partial charge >= 0.3 is 12.3 Å². The van der Waals surface area contributed by atoms with Crippen LogP contribution < -0.4 is 19.5 Å². The van der Waals surface area contributed by atoms with Gasteiger partial charge in [-0.25, -0.2) is 4.79 Å². The molecule has 0 spiro atoms. The van der Waals surface area contributed by atoms with Gasteiger partial charge in [0, 0.05) is 17.2 Å². The minimum atomic E-state index is -3.77. The van der Waals surface area contributed by atoms with Gasteiger partial charge in [-0.05, 0) is 25.1 Å². The SMILES string of the molecule is COC(=O)c1ccc(-c2nnc(NC(=O)C3(C)COc4cc5c(cc43)OC(F)(F)O5)s2)cc1. The number of nitrogens with zero attached hydrogens (tertiary/aromatic N) is 2. The van der Waals surface area contributed by atoms with Crippen molar-refractivity contribution in [3.05, 3.63) is 47.5 Å². The molecule has 1 amide bonds. The number of ether oxygens (including phenoxy) is 4. The minimum Gasteiger partial charge on any atom is -0.492 e. The zero-order valence-corrected chi connectivity index (χ0v) is 18.0. The topological polar surface area (TPSA) is 109 Å². The number of benzene rings is 2. The Bertz CT molecular complexity index is 1280. The Kier molecular flexibility index (Phi) is 4.71. The van der Waals surface area contributed by atoms with Crippen LogP contribution in [0.5, 0.6) is 17.2 Å². The molecule has 5 rings (SSSR count). The van der Waals surface area contributed by atoms with Gasteiger partial charge in [0.15, 0.2) is 11.5 Å². The third-order valence-electron chi connectivity index (χ3n) is 5.31. The molecule has 0 aliphatic carbocycles. The second-order valence-electron chi connectivity index (χ2n) is 7.52. The largest absolute Gasteiger partial charge is 0.586 e. The van der Waals surface area contributed by atoms with Gasteiger partial charge in [-0.1, -0.05) is 23.5 Å². The van der Waals surface area contributed by atoms with Crippen LogP contribution in [0.3, 0.4) is 0 Å². The molecular weight excluding hydrogens is 460 g/mol. The van der Waals surface area contributed by atoms with Crippen LogP contribution in [-0.2, 0) is 14.9 Å². The number of nitrogens with one attached hydrogen (secondary N) is 1. The number of hydrogen-bond acceptors (Lipinski definition) is 9. The second kappa shape index (κ2) is 7.37. The monoisotopic (exact) mass is 475 g/mol. The quantitative estimate of drug-likeness (QED) is 0.570. The van der Waals surface area contributed by atoms with Gasteiger partial charge < -0.3 is 18.9 Å². The molecule has 12 heteroatoms. The van der Waals surface area contributed by atoms with Gasteiger partial charge in [0.1, 0.15) is 22.8 Å². The van der Waals surface area contributed by atoms with E-state index in [9.17, 15) is 18.4 Å². The summed E-state index contributed by atoms with van der Waals surface area (Å²) in [5, 5.41) is 11.6. The van der Waals surface area contributed by atoms with Crippen molar-refractivity contribution in [2.24, 2.45) is 0 Å². The molecule has 0 saturated heterocycles. The molecule has 3 heterocycles. The lowest BCUT2D eigenvalue weighted by atomic mass is 9.83. The number of carbonyl (C=O) groups excluding carboxylic acids is 2. The summed E-state index contributed by atoms with van der Waals surface area (Å²) < 4.78 is 45.9. The summed E-state index contributed by atoms with van der Waals surface area (Å²) in [5.74, 6) is -0.968. The maximum atomic E-state index is 13.4. The molecule has 1 unspecified atom stereocenters. The van der Waals surface area contributed by atoms with E-state index in [0.29, 0.717) is 21.7 Å². The summed E-state index contributed by atoms with van der Waals surface area (Å²) in [6.07, 6.45) is -3.77. The van der Waals surface area contributed by atoms with Crippen LogP contribution in [0.4, 0.5) is 13.9 Å². The number of anilines is 1. The van der Waals surface area contributed by atoms with Crippen LogP contribution in [-0.4, -0.2) is 42.1 Å². The van der Waals surface area contributed by atoms with E-state index in [0.717, 1.165) is 11.3 Å². The lowest BCUT2D eigenvalue weighted by Crippen LogP contribution is -2.39. The lowest BCUT2D eigenvalue weighted by molar-refractivity contribution is -0.286. The van der Waals surface area contributed by atoms with E-state index in [2.05, 4.69) is 29.7 Å². The predicted octanol–water partition coefficient (Wildman–Crippen LogP) is 3.60. The number of hydrogen-bond donors (Lipinski definition) is 1. The Balaban J connectivity index is 1.35. The Morgan fingerprint density at radius 3 is 2.48 bits per heavy atom. The van der Waals surface area contributed by atoms with Crippen LogP contribution in [0.2, 0.25) is 0 Å². The summed E-state index contributed by atoms with van der Waals surface area (Å²) in [4.78, 5) is 24.7. The van der Waals surface area contributed by atoms with E-state index in [1.54, 1.807) is 31.2 Å². The molecule has 0 saturated carbocycles. The van der Waals surface area contributed by atoms with Crippen LogP contribution in [0, 0.1) is 0 Å². The van der Waals surface area contributed by atoms with Gasteiger partial charge in [-0.2, -0.15) is 0 Å². The fourth-order valence-electron chi connectivity index (χ4n) is 3.51. The van der Waals surface area contributed by atoms with Crippen molar-refractivity contribution < 1.29 is 37.3 Å². The number of amides is 1. The summed E-state index contributed by atoms with van der Waals surface area (Å²) in [5.41, 5.74) is 0.309. The highest BCUT2D eigenvalue weighted by Crippen LogP contribution is 2.50. The van der Waals surface area contributed by atoms with Gasteiger partial charge in [-0.15, -0.1) is 19.0 Å². The summed E-state index contributed by atoms with van der Waals surface area (Å²) >= 11 is 1.14. The van der Waals surface area contributed by atoms with E-state index in [1.807, 2.05) is 0 Å². The highest BCUT2D eigenvalue weighted by molar-refractivity contribution is 7.18. The molecule has 2 aliphatic rings. The number of fused-ring (bicyclic) bond motifs is 2. The van der Waals surface area contributed by atoms with Crippen molar-refractivity contribution in [2.45, 2.75) is 18.6 Å². The lowest BCUT2D eigenvalue weighted by Gasteiger charge is -2.20. The van der Waals surface area contributed by atoms with E-state index < -0.39 is 23.6 Å². The zero-order chi connectivity index (χ0) is 23.4. The van der Waals surface area contributed by atoms with Crippen LogP contribution in [0.15, 0.2) is 36.4 Å². The smallest absolute Gasteiger partial charge is 0.492 e. The van der Waals surface area contributed by atoms with Crippen LogP contribution >= 0.6 is 11.3 Å². The second-order valence-corrected chi connectivity index (χ2v) is 8.50. The number of halogens is 2.